The molecule has 0 spiro atoms. The Morgan fingerprint density at radius 1 is 1.17 bits per heavy atom. The number of rotatable bonds is 2. The van der Waals surface area contributed by atoms with E-state index in [1.165, 1.54) is 12.1 Å². The van der Waals surface area contributed by atoms with E-state index < -0.39 is 17.5 Å². The maximum atomic E-state index is 12.1. The van der Waals surface area contributed by atoms with Crippen LogP contribution in [-0.2, 0) is 9.53 Å². The lowest BCUT2D eigenvalue weighted by atomic mass is 9.93. The number of allylic oxidation sites excluding steroid dienone is 2. The highest BCUT2D eigenvalue weighted by Crippen LogP contribution is 2.29. The van der Waals surface area contributed by atoms with Crippen molar-refractivity contribution in [1.82, 2.24) is 0 Å². The van der Waals surface area contributed by atoms with Gasteiger partial charge in [-0.05, 0) is 0 Å². The number of esters is 1. The molecule has 0 saturated heterocycles. The third-order valence-corrected chi connectivity index (χ3v) is 2.87. The molecule has 0 heterocycles. The van der Waals surface area contributed by atoms with Gasteiger partial charge in [-0.3, -0.25) is 14.4 Å². The number of carbonyl (C=O) groups excluding carboxylic acids is 3. The molecule has 92 valence electrons. The van der Waals surface area contributed by atoms with Crippen molar-refractivity contribution < 1.29 is 19.1 Å². The molecule has 0 aromatic heterocycles. The maximum Gasteiger partial charge on any atom is 0.311 e. The lowest BCUT2D eigenvalue weighted by molar-refractivity contribution is -0.138. The number of carbonyl (C=O) groups is 3. The average Bonchev–Trinajstić information content (AvgIpc) is 2.40. The van der Waals surface area contributed by atoms with Crippen LogP contribution in [0.2, 0.25) is 0 Å². The average molecular weight is 265 g/mol. The van der Waals surface area contributed by atoms with Crippen molar-refractivity contribution in [2.75, 3.05) is 0 Å². The predicted molar refractivity (Wildman–Crippen MR) is 64.4 cm³/mol. The summed E-state index contributed by atoms with van der Waals surface area (Å²) in [4.78, 5) is 35.2. The van der Waals surface area contributed by atoms with Crippen LogP contribution in [0, 0.1) is 0 Å². The molecule has 0 unspecified atom stereocenters. The number of Topliss-reactive ketones (excluding diaryl/α,β-unsaturated/α-hetero) is 2. The van der Waals surface area contributed by atoms with E-state index in [0.29, 0.717) is 0 Å². The molecule has 0 radical (unpaired) electrons. The second-order valence-electron chi connectivity index (χ2n) is 3.67. The molecule has 0 saturated carbocycles. The Hall–Kier alpha value is -1.94. The Morgan fingerprint density at radius 3 is 2.28 bits per heavy atom. The Kier molecular flexibility index (Phi) is 3.30. The second kappa shape index (κ2) is 4.74. The fraction of sp³-hybridized carbons (Fsp3) is 0.154. The van der Waals surface area contributed by atoms with Crippen LogP contribution in [0.3, 0.4) is 0 Å². The standard InChI is InChI=1S/C13H9ClO4/c1-2-9(15)18-13-10(14)11(16)7-5-3-4-6-8(7)12(13)17/h3-6H,2H2,1H3. The van der Waals surface area contributed by atoms with Crippen molar-refractivity contribution in [2.24, 2.45) is 0 Å². The summed E-state index contributed by atoms with van der Waals surface area (Å²) in [5, 5.41) is -0.347. The third-order valence-electron chi connectivity index (χ3n) is 2.53. The number of ether oxygens (including phenoxy) is 1. The SMILES string of the molecule is CCC(=O)OC1=C(Cl)C(=O)c2ccccc2C1=O. The van der Waals surface area contributed by atoms with Gasteiger partial charge in [0.2, 0.25) is 17.3 Å². The fourth-order valence-corrected chi connectivity index (χ4v) is 1.83. The van der Waals surface area contributed by atoms with Crippen molar-refractivity contribution in [1.29, 1.82) is 0 Å². The number of benzene rings is 1. The summed E-state index contributed by atoms with van der Waals surface area (Å²) < 4.78 is 4.83. The topological polar surface area (TPSA) is 60.4 Å². The Labute approximate surface area is 108 Å². The number of halogens is 1. The Bertz CT molecular complexity index is 586. The molecular formula is C13H9ClO4. The molecule has 0 bridgehead atoms. The molecule has 0 fully saturated rings. The van der Waals surface area contributed by atoms with Gasteiger partial charge in [-0.25, -0.2) is 0 Å². The molecule has 1 aromatic carbocycles. The molecule has 5 heteroatoms. The highest BCUT2D eigenvalue weighted by molar-refractivity contribution is 6.49. The zero-order valence-corrected chi connectivity index (χ0v) is 10.3. The van der Waals surface area contributed by atoms with Crippen LogP contribution < -0.4 is 0 Å². The summed E-state index contributed by atoms with van der Waals surface area (Å²) in [6.45, 7) is 1.58. The first-order valence-electron chi connectivity index (χ1n) is 5.35. The summed E-state index contributed by atoms with van der Waals surface area (Å²) in [7, 11) is 0. The summed E-state index contributed by atoms with van der Waals surface area (Å²) >= 11 is 5.79. The summed E-state index contributed by atoms with van der Waals surface area (Å²) in [6, 6.07) is 6.27. The van der Waals surface area contributed by atoms with Gasteiger partial charge in [-0.2, -0.15) is 0 Å². The highest BCUT2D eigenvalue weighted by atomic mass is 35.5. The molecule has 0 atom stereocenters. The molecule has 1 aliphatic rings. The van der Waals surface area contributed by atoms with Crippen LogP contribution in [0.1, 0.15) is 34.1 Å². The lowest BCUT2D eigenvalue weighted by Crippen LogP contribution is -2.23. The Balaban J connectivity index is 2.50. The van der Waals surface area contributed by atoms with Crippen molar-refractivity contribution in [3.8, 4) is 0 Å². The van der Waals surface area contributed by atoms with Crippen molar-refractivity contribution in [3.63, 3.8) is 0 Å². The van der Waals surface area contributed by atoms with Gasteiger partial charge in [0.25, 0.3) is 0 Å². The van der Waals surface area contributed by atoms with E-state index in [1.54, 1.807) is 19.1 Å². The number of fused-ring (bicyclic) bond motifs is 1. The quantitative estimate of drug-likeness (QED) is 0.770. The lowest BCUT2D eigenvalue weighted by Gasteiger charge is -2.16. The monoisotopic (exact) mass is 264 g/mol. The van der Waals surface area contributed by atoms with E-state index in [0.717, 1.165) is 0 Å². The number of ketones is 2. The summed E-state index contributed by atoms with van der Waals surface area (Å²) in [5.41, 5.74) is 0.426. The molecule has 0 aliphatic heterocycles. The van der Waals surface area contributed by atoms with Gasteiger partial charge in [0.05, 0.1) is 0 Å². The highest BCUT2D eigenvalue weighted by Gasteiger charge is 2.33. The first kappa shape index (κ1) is 12.5. The van der Waals surface area contributed by atoms with Gasteiger partial charge >= 0.3 is 5.97 Å². The minimum absolute atomic E-state index is 0.0940. The van der Waals surface area contributed by atoms with Crippen LogP contribution >= 0.6 is 11.6 Å². The van der Waals surface area contributed by atoms with E-state index in [-0.39, 0.29) is 28.3 Å². The van der Waals surface area contributed by atoms with Gasteiger partial charge in [-0.1, -0.05) is 42.8 Å². The van der Waals surface area contributed by atoms with Crippen molar-refractivity contribution >= 4 is 29.1 Å². The zero-order chi connectivity index (χ0) is 13.3. The molecule has 18 heavy (non-hydrogen) atoms. The van der Waals surface area contributed by atoms with Crippen molar-refractivity contribution in [2.45, 2.75) is 13.3 Å². The van der Waals surface area contributed by atoms with Gasteiger partial charge < -0.3 is 4.74 Å². The molecule has 0 amide bonds. The normalized spacial score (nSPS) is 14.6. The molecular weight excluding hydrogens is 256 g/mol. The van der Waals surface area contributed by atoms with Crippen LogP contribution in [0.4, 0.5) is 0 Å². The summed E-state index contributed by atoms with van der Waals surface area (Å²) in [6.07, 6.45) is 0.0940. The van der Waals surface area contributed by atoms with Gasteiger partial charge in [0.15, 0.2) is 0 Å². The van der Waals surface area contributed by atoms with Crippen LogP contribution in [0.15, 0.2) is 35.1 Å². The zero-order valence-electron chi connectivity index (χ0n) is 9.53. The van der Waals surface area contributed by atoms with Gasteiger partial charge in [0.1, 0.15) is 5.03 Å². The summed E-state index contributed by atoms with van der Waals surface area (Å²) in [5.74, 6) is -2.04. The number of hydrogen-bond donors (Lipinski definition) is 0. The largest absolute Gasteiger partial charge is 0.421 e. The van der Waals surface area contributed by atoms with E-state index >= 15 is 0 Å². The van der Waals surface area contributed by atoms with E-state index in [9.17, 15) is 14.4 Å². The van der Waals surface area contributed by atoms with Gasteiger partial charge in [-0.15, -0.1) is 0 Å². The van der Waals surface area contributed by atoms with E-state index in [4.69, 9.17) is 16.3 Å². The minimum atomic E-state index is -0.608. The molecule has 1 aliphatic carbocycles. The minimum Gasteiger partial charge on any atom is -0.421 e. The first-order chi connectivity index (χ1) is 8.56. The van der Waals surface area contributed by atoms with E-state index in [2.05, 4.69) is 0 Å². The Morgan fingerprint density at radius 2 is 1.72 bits per heavy atom. The van der Waals surface area contributed by atoms with Crippen LogP contribution in [0.25, 0.3) is 0 Å². The first-order valence-corrected chi connectivity index (χ1v) is 5.73. The van der Waals surface area contributed by atoms with Gasteiger partial charge in [0, 0.05) is 17.5 Å². The molecule has 0 N–H and O–H groups in total. The molecule has 1 aromatic rings. The number of hydrogen-bond acceptors (Lipinski definition) is 4. The predicted octanol–water partition coefficient (Wildman–Crippen LogP) is 2.47. The maximum absolute atomic E-state index is 12.1. The third kappa shape index (κ3) is 1.95. The molecule has 4 nitrogen and oxygen atoms in total. The van der Waals surface area contributed by atoms with Crippen LogP contribution in [-0.4, -0.2) is 17.5 Å². The second-order valence-corrected chi connectivity index (χ2v) is 4.05. The van der Waals surface area contributed by atoms with E-state index in [1.807, 2.05) is 0 Å². The molecule has 2 rings (SSSR count). The smallest absolute Gasteiger partial charge is 0.311 e. The van der Waals surface area contributed by atoms with Crippen molar-refractivity contribution in [3.05, 3.63) is 46.2 Å². The fourth-order valence-electron chi connectivity index (χ4n) is 1.60. The van der Waals surface area contributed by atoms with Crippen LogP contribution in [0.5, 0.6) is 0 Å².